The standard InChI is InChI=1S/C30H29O7P/c1-21(31)30(19-20-37-29(30)34)25(27(32)35-2)26(28(33)36-3)38(22-13-7-4-8-14-22,23-15-9-5-10-16-23)24-17-11-6-12-18-24/h4-18,25H,19-20H2,1-3H3. The first-order valence-electron chi connectivity index (χ1n) is 12.1. The van der Waals surface area contributed by atoms with Crippen LogP contribution in [0.25, 0.3) is 0 Å². The first-order valence-corrected chi connectivity index (χ1v) is 13.9. The van der Waals surface area contributed by atoms with E-state index in [2.05, 4.69) is 0 Å². The summed E-state index contributed by atoms with van der Waals surface area (Å²) < 4.78 is 15.9. The number of esters is 3. The second-order valence-electron chi connectivity index (χ2n) is 8.92. The molecule has 0 saturated carbocycles. The van der Waals surface area contributed by atoms with Crippen LogP contribution in [0.3, 0.4) is 0 Å². The van der Waals surface area contributed by atoms with E-state index in [-0.39, 0.29) is 18.3 Å². The van der Waals surface area contributed by atoms with E-state index in [1.807, 2.05) is 91.0 Å². The van der Waals surface area contributed by atoms with Crippen LogP contribution >= 0.6 is 6.89 Å². The quantitative estimate of drug-likeness (QED) is 0.191. The second kappa shape index (κ2) is 11.2. The number of ketones is 1. The maximum absolute atomic E-state index is 14.1. The third-order valence-electron chi connectivity index (χ3n) is 7.11. The highest BCUT2D eigenvalue weighted by atomic mass is 31.2. The van der Waals surface area contributed by atoms with E-state index >= 15 is 0 Å². The minimum Gasteiger partial charge on any atom is -0.469 e. The third kappa shape index (κ3) is 4.27. The van der Waals surface area contributed by atoms with Crippen LogP contribution in [0.1, 0.15) is 13.3 Å². The van der Waals surface area contributed by atoms with Crippen LogP contribution < -0.4 is 15.9 Å². The van der Waals surface area contributed by atoms with Crippen LogP contribution in [0.5, 0.6) is 0 Å². The number of hydrogen-bond donors (Lipinski definition) is 0. The Balaban J connectivity index is 2.37. The average molecular weight is 533 g/mol. The summed E-state index contributed by atoms with van der Waals surface area (Å²) in [5.41, 5.74) is -1.94. The van der Waals surface area contributed by atoms with E-state index in [9.17, 15) is 19.2 Å². The summed E-state index contributed by atoms with van der Waals surface area (Å²) in [5, 5.41) is 2.25. The van der Waals surface area contributed by atoms with Crippen molar-refractivity contribution < 1.29 is 33.4 Å². The van der Waals surface area contributed by atoms with Crippen LogP contribution in [0, 0.1) is 11.3 Å². The van der Waals surface area contributed by atoms with Gasteiger partial charge >= 0.3 is 17.9 Å². The zero-order valence-corrected chi connectivity index (χ0v) is 22.4. The highest BCUT2D eigenvalue weighted by Crippen LogP contribution is 2.52. The van der Waals surface area contributed by atoms with E-state index in [0.717, 1.165) is 15.9 Å². The van der Waals surface area contributed by atoms with E-state index < -0.39 is 41.9 Å². The lowest BCUT2D eigenvalue weighted by molar-refractivity contribution is -0.161. The fourth-order valence-electron chi connectivity index (χ4n) is 5.36. The molecule has 1 aliphatic rings. The molecule has 0 spiro atoms. The molecule has 0 amide bonds. The van der Waals surface area contributed by atoms with Crippen molar-refractivity contribution in [3.63, 3.8) is 0 Å². The molecule has 0 N–H and O–H groups in total. The number of cyclic esters (lactones) is 1. The molecule has 3 aromatic rings. The number of methoxy groups -OCH3 is 2. The summed E-state index contributed by atoms with van der Waals surface area (Å²) in [4.78, 5) is 54.5. The summed E-state index contributed by atoms with van der Waals surface area (Å²) >= 11 is 0. The molecule has 0 radical (unpaired) electrons. The zero-order chi connectivity index (χ0) is 27.3. The molecular formula is C30H29O7P. The van der Waals surface area contributed by atoms with Crippen LogP contribution in [0.4, 0.5) is 0 Å². The van der Waals surface area contributed by atoms with Crippen LogP contribution in [-0.2, 0) is 33.4 Å². The Hall–Kier alpha value is -3.96. The molecule has 8 heteroatoms. The Kier molecular flexibility index (Phi) is 7.98. The Morgan fingerprint density at radius 1 is 0.789 bits per heavy atom. The van der Waals surface area contributed by atoms with Crippen molar-refractivity contribution in [1.82, 2.24) is 0 Å². The molecule has 0 aliphatic carbocycles. The van der Waals surface area contributed by atoms with Gasteiger partial charge in [-0.3, -0.25) is 14.4 Å². The molecule has 2 unspecified atom stereocenters. The van der Waals surface area contributed by atoms with Crippen LogP contribution in [0.15, 0.2) is 91.0 Å². The number of carbonyl (C=O) groups is 4. The number of benzene rings is 3. The van der Waals surface area contributed by atoms with Gasteiger partial charge in [0.15, 0.2) is 0 Å². The van der Waals surface area contributed by atoms with Gasteiger partial charge in [-0.25, -0.2) is 4.79 Å². The Labute approximate surface area is 221 Å². The molecule has 4 rings (SSSR count). The van der Waals surface area contributed by atoms with Crippen molar-refractivity contribution in [3.05, 3.63) is 91.0 Å². The maximum Gasteiger partial charge on any atom is 0.335 e. The first kappa shape index (κ1) is 27.1. The van der Waals surface area contributed by atoms with Crippen LogP contribution in [0.2, 0.25) is 0 Å². The average Bonchev–Trinajstić information content (AvgIpc) is 3.35. The highest BCUT2D eigenvalue weighted by Gasteiger charge is 2.62. The summed E-state index contributed by atoms with van der Waals surface area (Å²) in [6, 6.07) is 28.0. The van der Waals surface area contributed by atoms with Gasteiger partial charge < -0.3 is 14.2 Å². The van der Waals surface area contributed by atoms with Crippen molar-refractivity contribution in [1.29, 1.82) is 0 Å². The Morgan fingerprint density at radius 2 is 1.24 bits per heavy atom. The van der Waals surface area contributed by atoms with Gasteiger partial charge in [-0.1, -0.05) is 91.0 Å². The van der Waals surface area contributed by atoms with Gasteiger partial charge in [0.2, 0.25) is 0 Å². The highest BCUT2D eigenvalue weighted by molar-refractivity contribution is 7.96. The van der Waals surface area contributed by atoms with Gasteiger partial charge in [-0.15, -0.1) is 0 Å². The largest absolute Gasteiger partial charge is 0.469 e. The third-order valence-corrected chi connectivity index (χ3v) is 11.5. The van der Waals surface area contributed by atoms with E-state index in [4.69, 9.17) is 14.2 Å². The van der Waals surface area contributed by atoms with Gasteiger partial charge in [0.05, 0.1) is 26.1 Å². The van der Waals surface area contributed by atoms with Crippen LogP contribution in [-0.4, -0.2) is 49.8 Å². The monoisotopic (exact) mass is 532 g/mol. The fourth-order valence-corrected chi connectivity index (χ4v) is 10.0. The summed E-state index contributed by atoms with van der Waals surface area (Å²) in [6.45, 7) is -2.06. The number of rotatable bonds is 8. The predicted octanol–water partition coefficient (Wildman–Crippen LogP) is 2.64. The molecule has 196 valence electrons. The van der Waals surface area contributed by atoms with E-state index in [1.165, 1.54) is 21.1 Å². The summed E-state index contributed by atoms with van der Waals surface area (Å²) in [6.07, 6.45) is -0.0696. The first-order chi connectivity index (χ1) is 18.3. The molecular weight excluding hydrogens is 503 g/mol. The Morgan fingerprint density at radius 3 is 1.55 bits per heavy atom. The molecule has 3 aromatic carbocycles. The van der Waals surface area contributed by atoms with Crippen molar-refractivity contribution >= 4 is 51.8 Å². The van der Waals surface area contributed by atoms with E-state index in [1.54, 1.807) is 0 Å². The van der Waals surface area contributed by atoms with Gasteiger partial charge in [0, 0.05) is 6.42 Å². The molecule has 1 fully saturated rings. The number of Topliss-reactive ketones (excluding diaryl/α,β-unsaturated/α-hetero) is 1. The molecule has 2 atom stereocenters. The number of carbonyl (C=O) groups excluding carboxylic acids is 4. The maximum atomic E-state index is 14.1. The van der Waals surface area contributed by atoms with Gasteiger partial charge in [0.1, 0.15) is 17.1 Å². The molecule has 0 bridgehead atoms. The molecule has 1 heterocycles. The Bertz CT molecular complexity index is 1300. The minimum atomic E-state index is -3.24. The van der Waals surface area contributed by atoms with Gasteiger partial charge in [-0.05, 0) is 29.7 Å². The van der Waals surface area contributed by atoms with Gasteiger partial charge in [-0.2, -0.15) is 0 Å². The van der Waals surface area contributed by atoms with Crippen molar-refractivity contribution in [2.45, 2.75) is 13.3 Å². The minimum absolute atomic E-state index is 0.00417. The topological polar surface area (TPSA) is 96.0 Å². The van der Waals surface area contributed by atoms with Crippen molar-refractivity contribution in [2.75, 3.05) is 20.8 Å². The fraction of sp³-hybridized carbons (Fsp3) is 0.233. The lowest BCUT2D eigenvalue weighted by Crippen LogP contribution is -2.53. The second-order valence-corrected chi connectivity index (χ2v) is 12.3. The lowest BCUT2D eigenvalue weighted by atomic mass is 9.69. The number of hydrogen-bond acceptors (Lipinski definition) is 7. The van der Waals surface area contributed by atoms with Gasteiger partial charge in [0.25, 0.3) is 0 Å². The molecule has 0 aromatic heterocycles. The predicted molar refractivity (Wildman–Crippen MR) is 146 cm³/mol. The molecule has 7 nitrogen and oxygen atoms in total. The molecule has 1 aliphatic heterocycles. The zero-order valence-electron chi connectivity index (χ0n) is 21.5. The van der Waals surface area contributed by atoms with E-state index in [0.29, 0.717) is 0 Å². The van der Waals surface area contributed by atoms with Crippen molar-refractivity contribution in [2.24, 2.45) is 11.3 Å². The summed E-state index contributed by atoms with van der Waals surface area (Å²) in [7, 11) is 2.39. The van der Waals surface area contributed by atoms with Crippen molar-refractivity contribution in [3.8, 4) is 0 Å². The lowest BCUT2D eigenvalue weighted by Gasteiger charge is -2.38. The SMILES string of the molecule is COC(=O)C(C(C(=O)OC)C1(C(C)=O)CCOC1=O)=P(c1ccccc1)(c1ccccc1)c1ccccc1. The smallest absolute Gasteiger partial charge is 0.335 e. The molecule has 38 heavy (non-hydrogen) atoms. The normalized spacial score (nSPS) is 17.7. The number of ether oxygens (including phenoxy) is 3. The summed E-state index contributed by atoms with van der Waals surface area (Å²) in [5.74, 6) is -4.70. The molecule has 1 saturated heterocycles.